The van der Waals surface area contributed by atoms with Crippen LogP contribution in [0.1, 0.15) is 47.4 Å². The Kier molecular flexibility index (Phi) is 6.22. The topological polar surface area (TPSA) is 131 Å². The molecule has 1 aliphatic rings. The molecule has 12 heteroatoms. The summed E-state index contributed by atoms with van der Waals surface area (Å²) in [5.41, 5.74) is 0.696. The zero-order valence-electron chi connectivity index (χ0n) is 19.4. The molecule has 0 amide bonds. The fourth-order valence-corrected chi connectivity index (χ4v) is 5.82. The molecule has 0 radical (unpaired) electrons. The number of sulfonamides is 1. The maximum atomic E-state index is 14.1. The summed E-state index contributed by atoms with van der Waals surface area (Å²) >= 11 is 0. The monoisotopic (exact) mass is 510 g/mol. The number of piperidine rings is 1. The lowest BCUT2D eigenvalue weighted by Gasteiger charge is -2.30. The van der Waals surface area contributed by atoms with Gasteiger partial charge in [-0.1, -0.05) is 35.5 Å². The van der Waals surface area contributed by atoms with E-state index in [1.54, 1.807) is 18.2 Å². The number of fused-ring (bicyclic) bond motifs is 1. The number of carbonyl (C=O) groups excluding carboxylic acids is 1. The van der Waals surface area contributed by atoms with Crippen LogP contribution in [0.2, 0.25) is 0 Å². The summed E-state index contributed by atoms with van der Waals surface area (Å²) in [7, 11) is -3.72. The first-order chi connectivity index (χ1) is 17.2. The number of halogens is 1. The Morgan fingerprint density at radius 1 is 1.11 bits per heavy atom. The predicted molar refractivity (Wildman–Crippen MR) is 129 cm³/mol. The first-order valence-corrected chi connectivity index (χ1v) is 12.9. The molecule has 36 heavy (non-hydrogen) atoms. The molecule has 0 bridgehead atoms. The summed E-state index contributed by atoms with van der Waals surface area (Å²) in [6.07, 6.45) is 0.905. The van der Waals surface area contributed by atoms with Crippen molar-refractivity contribution >= 4 is 27.0 Å². The molecule has 3 heterocycles. The number of hydrogen-bond donors (Lipinski definition) is 1. The number of rotatable bonds is 6. The number of ketones is 1. The van der Waals surface area contributed by atoms with Gasteiger partial charge < -0.3 is 4.98 Å². The fourth-order valence-electron chi connectivity index (χ4n) is 4.35. The van der Waals surface area contributed by atoms with Gasteiger partial charge in [-0.25, -0.2) is 22.5 Å². The standard InChI is InChI=1S/C24H23FN6O4S/c1-15(32)16-6-8-19(9-7-16)36(34,35)30-12-10-17(11-13-30)22-26-23-21(24(33)27-22)28-29-31(23)14-18-4-2-3-5-20(18)25/h2-9,17H,10-14H2,1H3,(H,26,27,33). The van der Waals surface area contributed by atoms with Crippen molar-refractivity contribution in [1.82, 2.24) is 29.3 Å². The second-order valence-electron chi connectivity index (χ2n) is 8.72. The average molecular weight is 511 g/mol. The minimum Gasteiger partial charge on any atom is -0.308 e. The van der Waals surface area contributed by atoms with Gasteiger partial charge in [0.25, 0.3) is 5.56 Å². The Morgan fingerprint density at radius 2 is 1.81 bits per heavy atom. The van der Waals surface area contributed by atoms with Crippen LogP contribution in [0.15, 0.2) is 58.2 Å². The third kappa shape index (κ3) is 4.44. The van der Waals surface area contributed by atoms with Crippen molar-refractivity contribution in [3.8, 4) is 0 Å². The maximum Gasteiger partial charge on any atom is 0.281 e. The van der Waals surface area contributed by atoms with Gasteiger partial charge in [0.05, 0.1) is 11.4 Å². The van der Waals surface area contributed by atoms with Gasteiger partial charge in [-0.15, -0.1) is 5.10 Å². The molecule has 186 valence electrons. The highest BCUT2D eigenvalue weighted by molar-refractivity contribution is 7.89. The lowest BCUT2D eigenvalue weighted by Crippen LogP contribution is -2.38. The molecule has 2 aromatic carbocycles. The highest BCUT2D eigenvalue weighted by Gasteiger charge is 2.31. The number of carbonyl (C=O) groups is 1. The van der Waals surface area contributed by atoms with Gasteiger partial charge in [0, 0.05) is 30.1 Å². The normalized spacial score (nSPS) is 15.4. The van der Waals surface area contributed by atoms with Crippen LogP contribution in [-0.2, 0) is 16.6 Å². The predicted octanol–water partition coefficient (Wildman–Crippen LogP) is 2.47. The quantitative estimate of drug-likeness (QED) is 0.394. The molecule has 0 atom stereocenters. The highest BCUT2D eigenvalue weighted by Crippen LogP contribution is 2.29. The summed E-state index contributed by atoms with van der Waals surface area (Å²) in [6.45, 7) is 1.98. The van der Waals surface area contributed by atoms with Gasteiger partial charge >= 0.3 is 0 Å². The molecule has 0 aliphatic carbocycles. The summed E-state index contributed by atoms with van der Waals surface area (Å²) in [5, 5.41) is 7.88. The van der Waals surface area contributed by atoms with Crippen LogP contribution < -0.4 is 5.56 Å². The van der Waals surface area contributed by atoms with E-state index in [0.29, 0.717) is 29.8 Å². The summed E-state index contributed by atoms with van der Waals surface area (Å²) in [5.74, 6) is -0.280. The lowest BCUT2D eigenvalue weighted by atomic mass is 9.97. The van der Waals surface area contributed by atoms with E-state index in [4.69, 9.17) is 0 Å². The molecule has 1 aliphatic heterocycles. The zero-order valence-corrected chi connectivity index (χ0v) is 20.2. The Labute approximate surface area is 205 Å². The van der Waals surface area contributed by atoms with Crippen molar-refractivity contribution in [3.63, 3.8) is 0 Å². The molecular formula is C24H23FN6O4S. The van der Waals surface area contributed by atoms with Crippen molar-refractivity contribution < 1.29 is 17.6 Å². The summed E-state index contributed by atoms with van der Waals surface area (Å²) in [4.78, 5) is 31.6. The number of aromatic nitrogens is 5. The number of Topliss-reactive ketones (excluding diaryl/α,β-unsaturated/α-hetero) is 1. The minimum absolute atomic E-state index is 0.0594. The van der Waals surface area contributed by atoms with Crippen molar-refractivity contribution in [2.24, 2.45) is 0 Å². The summed E-state index contributed by atoms with van der Waals surface area (Å²) in [6, 6.07) is 12.2. The SMILES string of the molecule is CC(=O)c1ccc(S(=O)(=O)N2CCC(c3nc4c(nnn4Cc4ccccc4F)c(=O)[nH]3)CC2)cc1. The third-order valence-corrected chi connectivity index (χ3v) is 8.32. The molecular weight excluding hydrogens is 487 g/mol. The van der Waals surface area contributed by atoms with E-state index in [-0.39, 0.29) is 47.4 Å². The van der Waals surface area contributed by atoms with Crippen LogP contribution >= 0.6 is 0 Å². The van der Waals surface area contributed by atoms with Crippen LogP contribution in [0.4, 0.5) is 4.39 Å². The molecule has 0 saturated carbocycles. The van der Waals surface area contributed by atoms with E-state index >= 15 is 0 Å². The van der Waals surface area contributed by atoms with Crippen LogP contribution in [0.5, 0.6) is 0 Å². The number of hydrogen-bond acceptors (Lipinski definition) is 7. The van der Waals surface area contributed by atoms with E-state index < -0.39 is 21.4 Å². The fraction of sp³-hybridized carbons (Fsp3) is 0.292. The summed E-state index contributed by atoms with van der Waals surface area (Å²) < 4.78 is 43.0. The van der Waals surface area contributed by atoms with Gasteiger partial charge in [0.1, 0.15) is 11.6 Å². The van der Waals surface area contributed by atoms with Crippen molar-refractivity contribution in [1.29, 1.82) is 0 Å². The Balaban J connectivity index is 1.35. The minimum atomic E-state index is -3.72. The Morgan fingerprint density at radius 3 is 2.47 bits per heavy atom. The van der Waals surface area contributed by atoms with Gasteiger partial charge in [-0.05, 0) is 38.0 Å². The van der Waals surface area contributed by atoms with Gasteiger partial charge in [-0.3, -0.25) is 9.59 Å². The van der Waals surface area contributed by atoms with Gasteiger partial charge in [-0.2, -0.15) is 4.31 Å². The number of aromatic amines is 1. The largest absolute Gasteiger partial charge is 0.308 e. The van der Waals surface area contributed by atoms with Gasteiger partial charge in [0.15, 0.2) is 16.9 Å². The van der Waals surface area contributed by atoms with E-state index in [0.717, 1.165) is 0 Å². The number of H-pyrrole nitrogens is 1. The molecule has 2 aromatic heterocycles. The van der Waals surface area contributed by atoms with E-state index in [9.17, 15) is 22.4 Å². The van der Waals surface area contributed by atoms with E-state index in [1.807, 2.05) is 0 Å². The Hall–Kier alpha value is -3.77. The maximum absolute atomic E-state index is 14.1. The lowest BCUT2D eigenvalue weighted by molar-refractivity contribution is 0.101. The third-order valence-electron chi connectivity index (χ3n) is 6.41. The van der Waals surface area contributed by atoms with E-state index in [2.05, 4.69) is 20.3 Å². The second kappa shape index (κ2) is 9.36. The molecule has 1 saturated heterocycles. The Bertz CT molecular complexity index is 1610. The molecule has 1 N–H and O–H groups in total. The van der Waals surface area contributed by atoms with Crippen molar-refractivity contribution in [3.05, 3.63) is 81.7 Å². The number of benzene rings is 2. The van der Waals surface area contributed by atoms with Crippen LogP contribution in [0.25, 0.3) is 11.2 Å². The second-order valence-corrected chi connectivity index (χ2v) is 10.7. The molecule has 1 fully saturated rings. The molecule has 0 spiro atoms. The highest BCUT2D eigenvalue weighted by atomic mass is 32.2. The zero-order chi connectivity index (χ0) is 25.4. The van der Waals surface area contributed by atoms with Crippen LogP contribution in [-0.4, -0.2) is 56.6 Å². The van der Waals surface area contributed by atoms with Crippen molar-refractivity contribution in [2.75, 3.05) is 13.1 Å². The first kappa shape index (κ1) is 23.9. The van der Waals surface area contributed by atoms with Gasteiger partial charge in [0.2, 0.25) is 10.0 Å². The van der Waals surface area contributed by atoms with Crippen molar-refractivity contribution in [2.45, 2.75) is 37.1 Å². The molecule has 10 nitrogen and oxygen atoms in total. The molecule has 0 unspecified atom stereocenters. The molecule has 5 rings (SSSR count). The number of nitrogens with one attached hydrogen (secondary N) is 1. The van der Waals surface area contributed by atoms with Crippen LogP contribution in [0, 0.1) is 5.82 Å². The van der Waals surface area contributed by atoms with E-state index in [1.165, 1.54) is 46.2 Å². The smallest absolute Gasteiger partial charge is 0.281 e. The average Bonchev–Trinajstić information content (AvgIpc) is 3.28. The molecule has 4 aromatic rings. The first-order valence-electron chi connectivity index (χ1n) is 11.4. The number of nitrogens with zero attached hydrogens (tertiary/aromatic N) is 5. The van der Waals surface area contributed by atoms with Crippen LogP contribution in [0.3, 0.4) is 0 Å².